The molecule has 1 amide bonds. The summed E-state index contributed by atoms with van der Waals surface area (Å²) >= 11 is 0. The molecule has 3 rings (SSSR count). The van der Waals surface area contributed by atoms with Crippen LogP contribution >= 0.6 is 0 Å². The molecular weight excluding hydrogens is 454 g/mol. The summed E-state index contributed by atoms with van der Waals surface area (Å²) in [5.74, 6) is 0.157. The first-order chi connectivity index (χ1) is 16.9. The number of esters is 1. The fourth-order valence-corrected chi connectivity index (χ4v) is 3.01. The molecule has 0 aromatic heterocycles. The Morgan fingerprint density at radius 1 is 1.06 bits per heavy atom. The monoisotopic (exact) mass is 477 g/mol. The van der Waals surface area contributed by atoms with Crippen molar-refractivity contribution in [2.45, 2.75) is 13.3 Å². The number of methoxy groups -OCH3 is 1. The number of ether oxygens (including phenoxy) is 3. The van der Waals surface area contributed by atoms with E-state index in [-0.39, 0.29) is 23.8 Å². The van der Waals surface area contributed by atoms with Gasteiger partial charge in [0, 0.05) is 12.1 Å². The summed E-state index contributed by atoms with van der Waals surface area (Å²) in [6.07, 6.45) is 1.43. The Morgan fingerprint density at radius 3 is 2.51 bits per heavy atom. The first-order valence-electron chi connectivity index (χ1n) is 10.6. The van der Waals surface area contributed by atoms with Crippen LogP contribution in [0.2, 0.25) is 0 Å². The normalized spacial score (nSPS) is 10.6. The largest absolute Gasteiger partial charge is 0.497 e. The van der Waals surface area contributed by atoms with Crippen molar-refractivity contribution in [3.8, 4) is 17.2 Å². The van der Waals surface area contributed by atoms with Crippen molar-refractivity contribution in [1.82, 2.24) is 5.43 Å². The number of benzene rings is 3. The van der Waals surface area contributed by atoms with Crippen molar-refractivity contribution in [2.24, 2.45) is 5.10 Å². The van der Waals surface area contributed by atoms with E-state index in [1.165, 1.54) is 37.6 Å². The maximum atomic E-state index is 12.5. The molecule has 10 heteroatoms. The van der Waals surface area contributed by atoms with E-state index in [9.17, 15) is 19.7 Å². The molecule has 180 valence electrons. The average molecular weight is 477 g/mol. The minimum atomic E-state index is -0.565. The van der Waals surface area contributed by atoms with Crippen LogP contribution in [0.4, 0.5) is 5.69 Å². The summed E-state index contributed by atoms with van der Waals surface area (Å²) in [5, 5.41) is 14.6. The maximum Gasteiger partial charge on any atom is 0.343 e. The van der Waals surface area contributed by atoms with E-state index < -0.39 is 10.9 Å². The number of carbonyl (C=O) groups is 2. The number of nitro groups is 1. The maximum absolute atomic E-state index is 12.5. The lowest BCUT2D eigenvalue weighted by atomic mass is 10.1. The third-order valence-electron chi connectivity index (χ3n) is 4.69. The van der Waals surface area contributed by atoms with Crippen molar-refractivity contribution in [1.29, 1.82) is 0 Å². The highest BCUT2D eigenvalue weighted by molar-refractivity contribution is 5.92. The van der Waals surface area contributed by atoms with Gasteiger partial charge in [0.1, 0.15) is 5.75 Å². The molecule has 1 N–H and O–H groups in total. The van der Waals surface area contributed by atoms with Crippen LogP contribution in [-0.2, 0) is 11.2 Å². The van der Waals surface area contributed by atoms with Crippen LogP contribution in [0.15, 0.2) is 71.8 Å². The predicted molar refractivity (Wildman–Crippen MR) is 128 cm³/mol. The summed E-state index contributed by atoms with van der Waals surface area (Å²) in [6, 6.07) is 17.2. The van der Waals surface area contributed by atoms with Gasteiger partial charge in [-0.1, -0.05) is 18.2 Å². The van der Waals surface area contributed by atoms with Crippen LogP contribution in [0.1, 0.15) is 28.4 Å². The Hall–Kier alpha value is -4.73. The second-order valence-electron chi connectivity index (χ2n) is 7.15. The molecule has 0 atom stereocenters. The SMILES string of the molecule is CCOc1cc(C=NNC(=O)Cc2ccc([N+](=O)[O-])cc2)ccc1OC(=O)c1cccc(OC)c1. The first kappa shape index (κ1) is 24.9. The molecule has 0 saturated heterocycles. The van der Waals surface area contributed by atoms with Gasteiger partial charge in [-0.25, -0.2) is 10.2 Å². The van der Waals surface area contributed by atoms with Gasteiger partial charge in [0.05, 0.1) is 36.8 Å². The van der Waals surface area contributed by atoms with Gasteiger partial charge in [0.25, 0.3) is 5.69 Å². The van der Waals surface area contributed by atoms with Crippen molar-refractivity contribution < 1.29 is 28.7 Å². The fourth-order valence-electron chi connectivity index (χ4n) is 3.01. The summed E-state index contributed by atoms with van der Waals surface area (Å²) < 4.78 is 16.2. The van der Waals surface area contributed by atoms with Crippen LogP contribution in [0.25, 0.3) is 0 Å². The first-order valence-corrected chi connectivity index (χ1v) is 10.6. The van der Waals surface area contributed by atoms with Crippen LogP contribution in [0.3, 0.4) is 0 Å². The number of amides is 1. The molecule has 10 nitrogen and oxygen atoms in total. The molecule has 0 aliphatic heterocycles. The highest BCUT2D eigenvalue weighted by Gasteiger charge is 2.14. The number of nitrogens with zero attached hydrogens (tertiary/aromatic N) is 2. The summed E-state index contributed by atoms with van der Waals surface area (Å²) in [4.78, 5) is 34.8. The number of nitrogens with one attached hydrogen (secondary N) is 1. The van der Waals surface area contributed by atoms with Crippen molar-refractivity contribution in [3.63, 3.8) is 0 Å². The Balaban J connectivity index is 1.63. The molecule has 0 aliphatic carbocycles. The molecule has 0 aliphatic rings. The zero-order chi connectivity index (χ0) is 25.2. The number of rotatable bonds is 10. The second kappa shape index (κ2) is 11.9. The van der Waals surface area contributed by atoms with Gasteiger partial charge >= 0.3 is 5.97 Å². The third kappa shape index (κ3) is 7.13. The highest BCUT2D eigenvalue weighted by Crippen LogP contribution is 2.29. The van der Waals surface area contributed by atoms with E-state index in [1.807, 2.05) is 0 Å². The molecule has 0 saturated carbocycles. The highest BCUT2D eigenvalue weighted by atomic mass is 16.6. The summed E-state index contributed by atoms with van der Waals surface area (Å²) in [5.41, 5.74) is 3.90. The third-order valence-corrected chi connectivity index (χ3v) is 4.69. The van der Waals surface area contributed by atoms with Crippen molar-refractivity contribution in [2.75, 3.05) is 13.7 Å². The number of hydrogen-bond donors (Lipinski definition) is 1. The smallest absolute Gasteiger partial charge is 0.343 e. The molecule has 0 heterocycles. The van der Waals surface area contributed by atoms with E-state index in [4.69, 9.17) is 14.2 Å². The molecule has 0 unspecified atom stereocenters. The molecule has 35 heavy (non-hydrogen) atoms. The van der Waals surface area contributed by atoms with Gasteiger partial charge in [-0.2, -0.15) is 5.10 Å². The lowest BCUT2D eigenvalue weighted by Gasteiger charge is -2.11. The Morgan fingerprint density at radius 2 is 1.83 bits per heavy atom. The topological polar surface area (TPSA) is 129 Å². The molecular formula is C25H23N3O7. The number of nitro benzene ring substituents is 1. The fraction of sp³-hybridized carbons (Fsp3) is 0.160. The Bertz CT molecular complexity index is 1240. The summed E-state index contributed by atoms with van der Waals surface area (Å²) in [7, 11) is 1.51. The van der Waals surface area contributed by atoms with Gasteiger partial charge in [-0.3, -0.25) is 14.9 Å². The molecule has 0 spiro atoms. The average Bonchev–Trinajstić information content (AvgIpc) is 2.86. The molecule has 0 fully saturated rings. The second-order valence-corrected chi connectivity index (χ2v) is 7.15. The number of hydrogen-bond acceptors (Lipinski definition) is 8. The van der Waals surface area contributed by atoms with Gasteiger partial charge in [-0.05, 0) is 54.4 Å². The molecule has 3 aromatic rings. The quantitative estimate of drug-likeness (QED) is 0.154. The van der Waals surface area contributed by atoms with Crippen LogP contribution in [-0.4, -0.2) is 36.7 Å². The minimum absolute atomic E-state index is 0.0126. The Kier molecular flexibility index (Phi) is 8.49. The predicted octanol–water partition coefficient (Wildman–Crippen LogP) is 3.91. The van der Waals surface area contributed by atoms with Crippen molar-refractivity contribution >= 4 is 23.8 Å². The lowest BCUT2D eigenvalue weighted by molar-refractivity contribution is -0.384. The zero-order valence-electron chi connectivity index (χ0n) is 19.1. The molecule has 0 bridgehead atoms. The minimum Gasteiger partial charge on any atom is -0.497 e. The van der Waals surface area contributed by atoms with E-state index >= 15 is 0 Å². The van der Waals surface area contributed by atoms with E-state index in [1.54, 1.807) is 49.4 Å². The van der Waals surface area contributed by atoms with E-state index in [0.717, 1.165) is 0 Å². The van der Waals surface area contributed by atoms with Crippen molar-refractivity contribution in [3.05, 3.63) is 93.5 Å². The lowest BCUT2D eigenvalue weighted by Crippen LogP contribution is -2.19. The number of non-ortho nitro benzene ring substituents is 1. The standard InChI is InChI=1S/C25H23N3O7/c1-3-34-23-13-18(9-12-22(23)35-25(30)19-5-4-6-21(15-19)33-2)16-26-27-24(29)14-17-7-10-20(11-8-17)28(31)32/h4-13,15-16H,3,14H2,1-2H3,(H,27,29). The van der Waals surface area contributed by atoms with Crippen LogP contribution in [0, 0.1) is 10.1 Å². The van der Waals surface area contributed by atoms with E-state index in [0.29, 0.717) is 34.8 Å². The van der Waals surface area contributed by atoms with E-state index in [2.05, 4.69) is 10.5 Å². The number of hydrazone groups is 1. The summed E-state index contributed by atoms with van der Waals surface area (Å²) in [6.45, 7) is 2.14. The van der Waals surface area contributed by atoms with Gasteiger partial charge in [0.2, 0.25) is 5.91 Å². The van der Waals surface area contributed by atoms with Crippen LogP contribution in [0.5, 0.6) is 17.2 Å². The molecule has 3 aromatic carbocycles. The Labute approximate surface area is 201 Å². The van der Waals surface area contributed by atoms with Gasteiger partial charge < -0.3 is 14.2 Å². The zero-order valence-corrected chi connectivity index (χ0v) is 19.1. The van der Waals surface area contributed by atoms with Crippen LogP contribution < -0.4 is 19.6 Å². The van der Waals surface area contributed by atoms with Gasteiger partial charge in [-0.15, -0.1) is 0 Å². The number of carbonyl (C=O) groups excluding carboxylic acids is 2. The van der Waals surface area contributed by atoms with Gasteiger partial charge in [0.15, 0.2) is 11.5 Å². The molecule has 0 radical (unpaired) electrons.